The summed E-state index contributed by atoms with van der Waals surface area (Å²) in [6.45, 7) is 3.22. The van der Waals surface area contributed by atoms with Gasteiger partial charge in [0.1, 0.15) is 5.69 Å². The van der Waals surface area contributed by atoms with Gasteiger partial charge < -0.3 is 9.15 Å². The highest BCUT2D eigenvalue weighted by molar-refractivity contribution is 7.89. The normalized spacial score (nSPS) is 11.7. The first-order valence-electron chi connectivity index (χ1n) is 6.76. The summed E-state index contributed by atoms with van der Waals surface area (Å²) in [6, 6.07) is 5.55. The second kappa shape index (κ2) is 7.34. The van der Waals surface area contributed by atoms with E-state index in [0.717, 1.165) is 0 Å². The molecule has 2 rings (SSSR count). The van der Waals surface area contributed by atoms with Gasteiger partial charge >= 0.3 is 0 Å². The Morgan fingerprint density at radius 1 is 1.32 bits per heavy atom. The van der Waals surface area contributed by atoms with E-state index in [2.05, 4.69) is 14.9 Å². The molecule has 0 saturated carbocycles. The van der Waals surface area contributed by atoms with Crippen LogP contribution in [0.4, 0.5) is 0 Å². The van der Waals surface area contributed by atoms with Gasteiger partial charge in [0.2, 0.25) is 5.09 Å². The number of furan rings is 1. The van der Waals surface area contributed by atoms with Crippen LogP contribution in [0.5, 0.6) is 0 Å². The van der Waals surface area contributed by atoms with Crippen LogP contribution in [0.25, 0.3) is 11.5 Å². The van der Waals surface area contributed by atoms with Crippen LogP contribution in [0.15, 0.2) is 38.6 Å². The summed E-state index contributed by atoms with van der Waals surface area (Å²) >= 11 is 0. The molecule has 0 unspecified atom stereocenters. The molecule has 120 valence electrons. The summed E-state index contributed by atoms with van der Waals surface area (Å²) in [7, 11) is -3.71. The number of rotatable bonds is 8. The number of H-pyrrole nitrogens is 1. The second-order valence-corrected chi connectivity index (χ2v) is 6.07. The minimum absolute atomic E-state index is 0.202. The Morgan fingerprint density at radius 3 is 2.82 bits per heavy atom. The van der Waals surface area contributed by atoms with Crippen molar-refractivity contribution >= 4 is 10.0 Å². The molecule has 2 N–H and O–H groups in total. The molecular formula is C13H17N3O5S. The molecule has 0 bridgehead atoms. The maximum absolute atomic E-state index is 12.0. The van der Waals surface area contributed by atoms with Crippen molar-refractivity contribution in [3.8, 4) is 11.5 Å². The van der Waals surface area contributed by atoms with Crippen LogP contribution in [0.1, 0.15) is 13.3 Å². The first-order valence-corrected chi connectivity index (χ1v) is 8.24. The summed E-state index contributed by atoms with van der Waals surface area (Å²) in [5.41, 5.74) is -0.00323. The number of sulfonamides is 1. The van der Waals surface area contributed by atoms with Gasteiger partial charge in [-0.15, -0.1) is 0 Å². The zero-order valence-electron chi connectivity index (χ0n) is 12.0. The molecule has 0 aliphatic rings. The molecule has 8 nitrogen and oxygen atoms in total. The predicted octanol–water partition coefficient (Wildman–Crippen LogP) is 0.735. The zero-order valence-corrected chi connectivity index (χ0v) is 12.9. The Morgan fingerprint density at radius 2 is 2.14 bits per heavy atom. The molecule has 0 amide bonds. The van der Waals surface area contributed by atoms with Gasteiger partial charge in [0, 0.05) is 25.8 Å². The molecule has 0 aliphatic heterocycles. The number of nitrogens with one attached hydrogen (secondary N) is 2. The highest BCUT2D eigenvalue weighted by Gasteiger charge is 2.19. The van der Waals surface area contributed by atoms with E-state index in [0.29, 0.717) is 25.3 Å². The SMILES string of the molecule is CCOCCCNS(=O)(=O)c1ccc(-c2ccc(=O)[nH]n2)o1. The quantitative estimate of drug-likeness (QED) is 0.691. The van der Waals surface area contributed by atoms with Crippen LogP contribution in [0.2, 0.25) is 0 Å². The van der Waals surface area contributed by atoms with Gasteiger partial charge in [-0.3, -0.25) is 4.79 Å². The molecular weight excluding hydrogens is 310 g/mol. The third kappa shape index (κ3) is 4.26. The summed E-state index contributed by atoms with van der Waals surface area (Å²) in [6.07, 6.45) is 0.572. The lowest BCUT2D eigenvalue weighted by atomic mass is 10.3. The molecule has 2 aromatic heterocycles. The largest absolute Gasteiger partial charge is 0.442 e. The summed E-state index contributed by atoms with van der Waals surface area (Å²) in [5.74, 6) is 0.256. The number of aromatic amines is 1. The van der Waals surface area contributed by atoms with Crippen molar-refractivity contribution in [2.75, 3.05) is 19.8 Å². The van der Waals surface area contributed by atoms with Crippen molar-refractivity contribution < 1.29 is 17.6 Å². The van der Waals surface area contributed by atoms with Gasteiger partial charge in [-0.25, -0.2) is 18.2 Å². The lowest BCUT2D eigenvalue weighted by Crippen LogP contribution is -2.25. The first kappa shape index (κ1) is 16.4. The van der Waals surface area contributed by atoms with Crippen LogP contribution < -0.4 is 10.3 Å². The van der Waals surface area contributed by atoms with Crippen molar-refractivity contribution in [1.29, 1.82) is 0 Å². The minimum atomic E-state index is -3.71. The second-order valence-electron chi connectivity index (χ2n) is 4.37. The highest BCUT2D eigenvalue weighted by atomic mass is 32.2. The van der Waals surface area contributed by atoms with Gasteiger partial charge in [0.15, 0.2) is 5.76 Å². The molecule has 0 radical (unpaired) electrons. The van der Waals surface area contributed by atoms with Crippen LogP contribution in [-0.4, -0.2) is 38.4 Å². The number of hydrogen-bond donors (Lipinski definition) is 2. The molecule has 0 atom stereocenters. The van der Waals surface area contributed by atoms with Gasteiger partial charge in [-0.2, -0.15) is 5.10 Å². The van der Waals surface area contributed by atoms with Crippen LogP contribution in [0.3, 0.4) is 0 Å². The van der Waals surface area contributed by atoms with E-state index >= 15 is 0 Å². The molecule has 0 spiro atoms. The number of aromatic nitrogens is 2. The Balaban J connectivity index is 2.03. The zero-order chi connectivity index (χ0) is 16.0. The van der Waals surface area contributed by atoms with Crippen LogP contribution in [0, 0.1) is 0 Å². The Bertz CT molecular complexity index is 745. The molecule has 2 aromatic rings. The van der Waals surface area contributed by atoms with Crippen molar-refractivity contribution in [3.63, 3.8) is 0 Å². The van der Waals surface area contributed by atoms with Crippen LogP contribution >= 0.6 is 0 Å². The number of nitrogens with zero attached hydrogens (tertiary/aromatic N) is 1. The number of ether oxygens (including phenoxy) is 1. The topological polar surface area (TPSA) is 114 Å². The third-order valence-electron chi connectivity index (χ3n) is 2.74. The average molecular weight is 327 g/mol. The number of hydrogen-bond acceptors (Lipinski definition) is 6. The fourth-order valence-corrected chi connectivity index (χ4v) is 2.68. The summed E-state index contributed by atoms with van der Waals surface area (Å²) in [4.78, 5) is 10.9. The molecule has 22 heavy (non-hydrogen) atoms. The van der Waals surface area contributed by atoms with Gasteiger partial charge in [-0.1, -0.05) is 0 Å². The maximum atomic E-state index is 12.0. The standard InChI is InChI=1S/C13H17N3O5S/c1-2-20-9-3-8-14-22(18,19)13-7-5-11(21-13)10-4-6-12(17)16-15-10/h4-7,14H,2-3,8-9H2,1H3,(H,16,17). The van der Waals surface area contributed by atoms with Gasteiger partial charge in [-0.05, 0) is 31.5 Å². The highest BCUT2D eigenvalue weighted by Crippen LogP contribution is 2.21. The minimum Gasteiger partial charge on any atom is -0.442 e. The molecule has 0 fully saturated rings. The van der Waals surface area contributed by atoms with E-state index in [9.17, 15) is 13.2 Å². The Hall–Kier alpha value is -1.97. The maximum Gasteiger partial charge on any atom is 0.273 e. The lowest BCUT2D eigenvalue weighted by Gasteiger charge is -2.04. The smallest absolute Gasteiger partial charge is 0.273 e. The first-order chi connectivity index (χ1) is 10.5. The lowest BCUT2D eigenvalue weighted by molar-refractivity contribution is 0.146. The van der Waals surface area contributed by atoms with E-state index in [1.165, 1.54) is 24.3 Å². The van der Waals surface area contributed by atoms with Gasteiger partial charge in [0.05, 0.1) is 0 Å². The van der Waals surface area contributed by atoms with Crippen LogP contribution in [-0.2, 0) is 14.8 Å². The van der Waals surface area contributed by atoms with Crippen molar-refractivity contribution in [3.05, 3.63) is 34.6 Å². The molecule has 2 heterocycles. The Labute approximate surface area is 127 Å². The molecule has 9 heteroatoms. The third-order valence-corrected chi connectivity index (χ3v) is 4.07. The van der Waals surface area contributed by atoms with Gasteiger partial charge in [0.25, 0.3) is 15.6 Å². The monoisotopic (exact) mass is 327 g/mol. The average Bonchev–Trinajstić information content (AvgIpc) is 2.98. The van der Waals surface area contributed by atoms with E-state index in [1.807, 2.05) is 6.92 Å². The molecule has 0 aromatic carbocycles. The molecule has 0 saturated heterocycles. The summed E-state index contributed by atoms with van der Waals surface area (Å²) < 4.78 is 36.9. The fraction of sp³-hybridized carbons (Fsp3) is 0.385. The van der Waals surface area contributed by atoms with E-state index in [-0.39, 0.29) is 23.0 Å². The van der Waals surface area contributed by atoms with E-state index in [4.69, 9.17) is 9.15 Å². The summed E-state index contributed by atoms with van der Waals surface area (Å²) in [5, 5.41) is 5.83. The predicted molar refractivity (Wildman–Crippen MR) is 78.9 cm³/mol. The van der Waals surface area contributed by atoms with E-state index < -0.39 is 10.0 Å². The molecule has 0 aliphatic carbocycles. The Kier molecular flexibility index (Phi) is 5.47. The van der Waals surface area contributed by atoms with Crippen molar-refractivity contribution in [1.82, 2.24) is 14.9 Å². The van der Waals surface area contributed by atoms with Crippen molar-refractivity contribution in [2.45, 2.75) is 18.4 Å². The van der Waals surface area contributed by atoms with E-state index in [1.54, 1.807) is 0 Å². The fourth-order valence-electron chi connectivity index (χ4n) is 1.68. The van der Waals surface area contributed by atoms with Crippen molar-refractivity contribution in [2.24, 2.45) is 0 Å².